The van der Waals surface area contributed by atoms with Gasteiger partial charge in [-0.2, -0.15) is 18.2 Å². The summed E-state index contributed by atoms with van der Waals surface area (Å²) in [6, 6.07) is 14.3. The highest BCUT2D eigenvalue weighted by Crippen LogP contribution is 2.29. The number of hydrogen-bond acceptors (Lipinski definition) is 6. The van der Waals surface area contributed by atoms with E-state index in [9.17, 15) is 18.0 Å². The van der Waals surface area contributed by atoms with Crippen LogP contribution in [0, 0.1) is 6.92 Å². The Labute approximate surface area is 201 Å². The van der Waals surface area contributed by atoms with Gasteiger partial charge in [0, 0.05) is 43.6 Å². The van der Waals surface area contributed by atoms with Crippen LogP contribution in [0.25, 0.3) is 0 Å². The normalized spacial score (nSPS) is 14.1. The molecule has 184 valence electrons. The van der Waals surface area contributed by atoms with Crippen LogP contribution in [-0.2, 0) is 17.4 Å². The van der Waals surface area contributed by atoms with Crippen LogP contribution in [-0.4, -0.2) is 54.1 Å². The van der Waals surface area contributed by atoms with Crippen LogP contribution < -0.4 is 15.0 Å². The summed E-state index contributed by atoms with van der Waals surface area (Å²) >= 11 is 0. The van der Waals surface area contributed by atoms with Crippen LogP contribution in [0.3, 0.4) is 0 Å². The molecule has 0 spiro atoms. The van der Waals surface area contributed by atoms with Crippen LogP contribution in [0.4, 0.5) is 30.6 Å². The number of piperazine rings is 1. The number of anilines is 3. The number of aromatic nitrogens is 2. The number of ether oxygens (including phenoxy) is 1. The molecule has 1 fully saturated rings. The van der Waals surface area contributed by atoms with E-state index < -0.39 is 11.7 Å². The third-order valence-electron chi connectivity index (χ3n) is 5.73. The smallest absolute Gasteiger partial charge is 0.416 e. The minimum absolute atomic E-state index is 0.0687. The van der Waals surface area contributed by atoms with Gasteiger partial charge in [0.1, 0.15) is 11.6 Å². The summed E-state index contributed by atoms with van der Waals surface area (Å²) in [7, 11) is 1.61. The summed E-state index contributed by atoms with van der Waals surface area (Å²) in [4.78, 5) is 25.5. The van der Waals surface area contributed by atoms with Gasteiger partial charge < -0.3 is 19.9 Å². The number of halogens is 3. The number of methoxy groups -OCH3 is 1. The number of carbonyl (C=O) groups excluding carboxylic acids is 1. The van der Waals surface area contributed by atoms with E-state index in [1.807, 2.05) is 42.2 Å². The van der Waals surface area contributed by atoms with Gasteiger partial charge >= 0.3 is 6.18 Å². The van der Waals surface area contributed by atoms with Crippen molar-refractivity contribution in [2.24, 2.45) is 0 Å². The van der Waals surface area contributed by atoms with Crippen LogP contribution in [0.1, 0.15) is 16.8 Å². The first-order valence-electron chi connectivity index (χ1n) is 11.2. The Morgan fingerprint density at radius 1 is 1.03 bits per heavy atom. The number of amides is 1. The van der Waals surface area contributed by atoms with Crippen molar-refractivity contribution in [3.63, 3.8) is 0 Å². The van der Waals surface area contributed by atoms with Crippen molar-refractivity contribution >= 4 is 23.4 Å². The minimum Gasteiger partial charge on any atom is -0.497 e. The molecule has 7 nitrogen and oxygen atoms in total. The molecule has 0 atom stereocenters. The second kappa shape index (κ2) is 10.2. The average Bonchev–Trinajstić information content (AvgIpc) is 2.84. The maximum atomic E-state index is 13.0. The largest absolute Gasteiger partial charge is 0.497 e. The average molecular weight is 486 g/mol. The highest BCUT2D eigenvalue weighted by Gasteiger charge is 2.31. The molecule has 2 aromatic carbocycles. The molecule has 1 N–H and O–H groups in total. The molecule has 4 rings (SSSR count). The number of nitrogens with one attached hydrogen (secondary N) is 1. The maximum Gasteiger partial charge on any atom is 0.416 e. The van der Waals surface area contributed by atoms with Crippen molar-refractivity contribution in [1.29, 1.82) is 0 Å². The molecule has 0 bridgehead atoms. The zero-order valence-electron chi connectivity index (χ0n) is 19.5. The Hall–Kier alpha value is -3.82. The Morgan fingerprint density at radius 2 is 1.74 bits per heavy atom. The molecule has 1 aliphatic rings. The van der Waals surface area contributed by atoms with Gasteiger partial charge in [0.05, 0.1) is 19.1 Å². The highest BCUT2D eigenvalue weighted by atomic mass is 19.4. The number of aryl methyl sites for hydroxylation is 1. The molecule has 0 saturated carbocycles. The zero-order chi connectivity index (χ0) is 25.0. The van der Waals surface area contributed by atoms with Gasteiger partial charge in [-0.25, -0.2) is 4.98 Å². The van der Waals surface area contributed by atoms with Crippen LogP contribution in [0.2, 0.25) is 0 Å². The number of nitrogens with zero attached hydrogens (tertiary/aromatic N) is 4. The van der Waals surface area contributed by atoms with Crippen molar-refractivity contribution in [1.82, 2.24) is 14.9 Å². The van der Waals surface area contributed by atoms with Crippen molar-refractivity contribution in [3.05, 3.63) is 71.4 Å². The first-order valence-corrected chi connectivity index (χ1v) is 11.2. The van der Waals surface area contributed by atoms with Crippen LogP contribution in [0.5, 0.6) is 5.75 Å². The third kappa shape index (κ3) is 6.20. The summed E-state index contributed by atoms with van der Waals surface area (Å²) < 4.78 is 44.0. The Bertz CT molecular complexity index is 1180. The molecule has 1 aliphatic heterocycles. The summed E-state index contributed by atoms with van der Waals surface area (Å²) in [6.07, 6.45) is -4.50. The molecule has 35 heavy (non-hydrogen) atoms. The predicted octanol–water partition coefficient (Wildman–Crippen LogP) is 4.45. The van der Waals surface area contributed by atoms with Crippen molar-refractivity contribution in [2.75, 3.05) is 43.5 Å². The molecule has 10 heteroatoms. The fourth-order valence-corrected chi connectivity index (χ4v) is 3.88. The summed E-state index contributed by atoms with van der Waals surface area (Å²) in [6.45, 7) is 3.82. The van der Waals surface area contributed by atoms with E-state index in [1.54, 1.807) is 18.1 Å². The minimum atomic E-state index is -4.43. The lowest BCUT2D eigenvalue weighted by Gasteiger charge is -2.35. The molecule has 0 aliphatic carbocycles. The van der Waals surface area contributed by atoms with Crippen LogP contribution >= 0.6 is 0 Å². The van der Waals surface area contributed by atoms with E-state index in [0.29, 0.717) is 43.5 Å². The second-order valence-electron chi connectivity index (χ2n) is 8.29. The van der Waals surface area contributed by atoms with Crippen molar-refractivity contribution in [3.8, 4) is 5.75 Å². The van der Waals surface area contributed by atoms with Crippen molar-refractivity contribution in [2.45, 2.75) is 19.5 Å². The van der Waals surface area contributed by atoms with Gasteiger partial charge in [-0.05, 0) is 42.8 Å². The van der Waals surface area contributed by atoms with E-state index in [0.717, 1.165) is 29.3 Å². The standard InChI is InChI=1S/C25H26F3N5O2/c1-17-14-22(30-20-6-8-21(35-2)9-7-20)31-24(29-17)33-12-10-32(11-13-33)23(34)16-18-4-3-5-19(15-18)25(26,27)28/h3-9,14-15H,10-13,16H2,1-2H3,(H,29,30,31). The first-order chi connectivity index (χ1) is 16.7. The Morgan fingerprint density at radius 3 is 2.40 bits per heavy atom. The van der Waals surface area contributed by atoms with Gasteiger partial charge in [0.15, 0.2) is 0 Å². The summed E-state index contributed by atoms with van der Waals surface area (Å²) in [5, 5.41) is 3.27. The second-order valence-corrected chi connectivity index (χ2v) is 8.29. The quantitative estimate of drug-likeness (QED) is 0.557. The molecular weight excluding hydrogens is 459 g/mol. The molecule has 1 aromatic heterocycles. The molecule has 0 unspecified atom stereocenters. The van der Waals surface area contributed by atoms with Crippen LogP contribution in [0.15, 0.2) is 54.6 Å². The summed E-state index contributed by atoms with van der Waals surface area (Å²) in [5.74, 6) is 1.78. The lowest BCUT2D eigenvalue weighted by Crippen LogP contribution is -2.49. The van der Waals surface area contributed by atoms with Crippen molar-refractivity contribution < 1.29 is 22.7 Å². The number of rotatable bonds is 6. The molecule has 1 saturated heterocycles. The molecular formula is C25H26F3N5O2. The van der Waals surface area contributed by atoms with Gasteiger partial charge in [0.25, 0.3) is 0 Å². The fourth-order valence-electron chi connectivity index (χ4n) is 3.88. The lowest BCUT2D eigenvalue weighted by atomic mass is 10.1. The monoisotopic (exact) mass is 485 g/mol. The number of hydrogen-bond donors (Lipinski definition) is 1. The van der Waals surface area contributed by atoms with E-state index in [4.69, 9.17) is 4.74 Å². The van der Waals surface area contributed by atoms with Gasteiger partial charge in [-0.1, -0.05) is 18.2 Å². The third-order valence-corrected chi connectivity index (χ3v) is 5.73. The maximum absolute atomic E-state index is 13.0. The summed E-state index contributed by atoms with van der Waals surface area (Å²) in [5.41, 5.74) is 1.26. The van der Waals surface area contributed by atoms with E-state index in [2.05, 4.69) is 15.3 Å². The molecule has 2 heterocycles. The first kappa shape index (κ1) is 24.3. The van der Waals surface area contributed by atoms with Gasteiger partial charge in [-0.3, -0.25) is 4.79 Å². The van der Waals surface area contributed by atoms with E-state index >= 15 is 0 Å². The SMILES string of the molecule is COc1ccc(Nc2cc(C)nc(N3CCN(C(=O)Cc4cccc(C(F)(F)F)c4)CC3)n2)cc1. The number of benzene rings is 2. The Balaban J connectivity index is 1.37. The highest BCUT2D eigenvalue weighted by molar-refractivity contribution is 5.79. The molecule has 3 aromatic rings. The number of alkyl halides is 3. The Kier molecular flexibility index (Phi) is 7.09. The molecule has 0 radical (unpaired) electrons. The predicted molar refractivity (Wildman–Crippen MR) is 127 cm³/mol. The van der Waals surface area contributed by atoms with E-state index in [1.165, 1.54) is 6.07 Å². The fraction of sp³-hybridized carbons (Fsp3) is 0.320. The van der Waals surface area contributed by atoms with Gasteiger partial charge in [0.2, 0.25) is 11.9 Å². The lowest BCUT2D eigenvalue weighted by molar-refractivity contribution is -0.138. The van der Waals surface area contributed by atoms with Gasteiger partial charge in [-0.15, -0.1) is 0 Å². The topological polar surface area (TPSA) is 70.6 Å². The molecule has 1 amide bonds. The number of carbonyl (C=O) groups is 1. The van der Waals surface area contributed by atoms with E-state index in [-0.39, 0.29) is 12.3 Å². The zero-order valence-corrected chi connectivity index (χ0v) is 19.5.